The lowest BCUT2D eigenvalue weighted by molar-refractivity contribution is -0.137. The Hall–Kier alpha value is -4.58. The monoisotopic (exact) mass is 522 g/mol. The molecule has 0 unspecified atom stereocenters. The molecule has 1 aliphatic heterocycles. The van der Waals surface area contributed by atoms with Gasteiger partial charge in [-0.15, -0.1) is 0 Å². The van der Waals surface area contributed by atoms with Crippen LogP contribution in [0.3, 0.4) is 0 Å². The van der Waals surface area contributed by atoms with E-state index in [4.69, 9.17) is 4.74 Å². The minimum absolute atomic E-state index is 0.0184. The van der Waals surface area contributed by atoms with Crippen molar-refractivity contribution in [3.8, 4) is 22.5 Å². The van der Waals surface area contributed by atoms with Crippen molar-refractivity contribution in [1.82, 2.24) is 25.1 Å². The standard InChI is InChI=1S/C26H21F3N6O3/c27-26(28,29)19-7-6-17(14-18(19)20-8-9-31-34-20)24(36)32-21-15-30-23(25(37)35-10-12-38-13-11-35)33-22(21)16-4-2-1-3-5-16/h1-9,14-15H,10-13H2,(H,31,34)(H,32,36). The first-order valence-electron chi connectivity index (χ1n) is 11.6. The SMILES string of the molecule is O=C(Nc1cnc(C(=O)N2CCOCC2)nc1-c1ccccc1)c1ccc(C(F)(F)F)c(-c2ccn[nH]2)c1. The summed E-state index contributed by atoms with van der Waals surface area (Å²) in [5, 5.41) is 8.91. The number of carbonyl (C=O) groups excluding carboxylic acids is 2. The van der Waals surface area contributed by atoms with E-state index < -0.39 is 17.6 Å². The maximum atomic E-state index is 13.6. The highest BCUT2D eigenvalue weighted by Gasteiger charge is 2.34. The lowest BCUT2D eigenvalue weighted by Crippen LogP contribution is -2.41. The second kappa shape index (κ2) is 10.4. The van der Waals surface area contributed by atoms with Crippen LogP contribution in [-0.2, 0) is 10.9 Å². The van der Waals surface area contributed by atoms with Crippen LogP contribution in [0.1, 0.15) is 26.5 Å². The fraction of sp³-hybridized carbons (Fsp3) is 0.192. The van der Waals surface area contributed by atoms with E-state index in [1.807, 2.05) is 6.07 Å². The average molecular weight is 522 g/mol. The molecule has 0 atom stereocenters. The van der Waals surface area contributed by atoms with Gasteiger partial charge in [-0.25, -0.2) is 9.97 Å². The minimum Gasteiger partial charge on any atom is -0.378 e. The lowest BCUT2D eigenvalue weighted by atomic mass is 10.0. The van der Waals surface area contributed by atoms with Crippen LogP contribution >= 0.6 is 0 Å². The summed E-state index contributed by atoms with van der Waals surface area (Å²) in [6.07, 6.45) is -1.99. The summed E-state index contributed by atoms with van der Waals surface area (Å²) in [4.78, 5) is 36.4. The number of nitrogens with one attached hydrogen (secondary N) is 2. The number of amides is 2. The Labute approximate surface area is 214 Å². The molecule has 194 valence electrons. The first-order valence-corrected chi connectivity index (χ1v) is 11.6. The van der Waals surface area contributed by atoms with E-state index in [-0.39, 0.29) is 34.2 Å². The first-order chi connectivity index (χ1) is 18.3. The largest absolute Gasteiger partial charge is 0.417 e. The van der Waals surface area contributed by atoms with Crippen molar-refractivity contribution in [1.29, 1.82) is 0 Å². The van der Waals surface area contributed by atoms with E-state index in [1.165, 1.54) is 18.5 Å². The number of H-pyrrole nitrogens is 1. The number of nitrogens with zero attached hydrogens (tertiary/aromatic N) is 4. The van der Waals surface area contributed by atoms with Gasteiger partial charge in [-0.2, -0.15) is 18.3 Å². The maximum absolute atomic E-state index is 13.6. The molecule has 0 saturated carbocycles. The Morgan fingerprint density at radius 3 is 2.47 bits per heavy atom. The van der Waals surface area contributed by atoms with Crippen molar-refractivity contribution in [2.24, 2.45) is 0 Å². The number of morpholine rings is 1. The van der Waals surface area contributed by atoms with Gasteiger partial charge in [-0.3, -0.25) is 14.7 Å². The molecule has 0 spiro atoms. The van der Waals surface area contributed by atoms with Gasteiger partial charge in [-0.05, 0) is 24.3 Å². The third kappa shape index (κ3) is 5.25. The van der Waals surface area contributed by atoms with E-state index >= 15 is 0 Å². The summed E-state index contributed by atoms with van der Waals surface area (Å²) < 4.78 is 46.1. The Kier molecular flexibility index (Phi) is 6.88. The molecule has 2 amide bonds. The molecule has 2 aromatic heterocycles. The molecule has 0 aliphatic carbocycles. The van der Waals surface area contributed by atoms with Crippen molar-refractivity contribution in [2.45, 2.75) is 6.18 Å². The van der Waals surface area contributed by atoms with Crippen molar-refractivity contribution < 1.29 is 27.5 Å². The lowest BCUT2D eigenvalue weighted by Gasteiger charge is -2.26. The number of carbonyl (C=O) groups is 2. The number of aromatic amines is 1. The van der Waals surface area contributed by atoms with E-state index in [0.29, 0.717) is 37.6 Å². The number of halogens is 3. The fourth-order valence-electron chi connectivity index (χ4n) is 4.06. The molecule has 0 bridgehead atoms. The van der Waals surface area contributed by atoms with Crippen LogP contribution in [0.4, 0.5) is 18.9 Å². The van der Waals surface area contributed by atoms with Crippen LogP contribution in [0.25, 0.3) is 22.5 Å². The molecule has 2 aromatic carbocycles. The summed E-state index contributed by atoms with van der Waals surface area (Å²) in [6.45, 7) is 1.65. The van der Waals surface area contributed by atoms with Crippen molar-refractivity contribution >= 4 is 17.5 Å². The highest BCUT2D eigenvalue weighted by atomic mass is 19.4. The number of alkyl halides is 3. The molecular formula is C26H21F3N6O3. The number of anilines is 1. The molecule has 9 nitrogen and oxygen atoms in total. The van der Waals surface area contributed by atoms with Gasteiger partial charge in [0.05, 0.1) is 42.0 Å². The van der Waals surface area contributed by atoms with Gasteiger partial charge >= 0.3 is 6.18 Å². The highest BCUT2D eigenvalue weighted by molar-refractivity contribution is 6.06. The van der Waals surface area contributed by atoms with Crippen molar-refractivity contribution in [2.75, 3.05) is 31.6 Å². The van der Waals surface area contributed by atoms with Gasteiger partial charge in [0.2, 0.25) is 5.82 Å². The van der Waals surface area contributed by atoms with Gasteiger partial charge in [-0.1, -0.05) is 30.3 Å². The van der Waals surface area contributed by atoms with Crippen molar-refractivity contribution in [3.63, 3.8) is 0 Å². The number of hydrogen-bond donors (Lipinski definition) is 2. The molecule has 0 radical (unpaired) electrons. The molecule has 12 heteroatoms. The van der Waals surface area contributed by atoms with Crippen LogP contribution in [-0.4, -0.2) is 63.2 Å². The van der Waals surface area contributed by atoms with E-state index in [0.717, 1.165) is 18.2 Å². The summed E-state index contributed by atoms with van der Waals surface area (Å²) >= 11 is 0. The predicted octanol–water partition coefficient (Wildman–Crippen LogP) is 4.28. The first kappa shape index (κ1) is 25.1. The third-order valence-corrected chi connectivity index (χ3v) is 5.95. The number of aromatic nitrogens is 4. The Balaban J connectivity index is 1.49. The zero-order valence-corrected chi connectivity index (χ0v) is 19.8. The Morgan fingerprint density at radius 1 is 1.03 bits per heavy atom. The number of hydrogen-bond acceptors (Lipinski definition) is 6. The Morgan fingerprint density at radius 2 is 1.79 bits per heavy atom. The quantitative estimate of drug-likeness (QED) is 0.405. The van der Waals surface area contributed by atoms with Crippen LogP contribution in [0, 0.1) is 0 Å². The summed E-state index contributed by atoms with van der Waals surface area (Å²) in [5.41, 5.74) is 0.0911. The molecule has 4 aromatic rings. The average Bonchev–Trinajstić information content (AvgIpc) is 3.48. The smallest absolute Gasteiger partial charge is 0.378 e. The van der Waals surface area contributed by atoms with Crippen LogP contribution in [0.5, 0.6) is 0 Å². The van der Waals surface area contributed by atoms with Crippen LogP contribution in [0.2, 0.25) is 0 Å². The summed E-state index contributed by atoms with van der Waals surface area (Å²) in [6, 6.07) is 13.4. The van der Waals surface area contributed by atoms with E-state index in [1.54, 1.807) is 29.2 Å². The second-order valence-corrected chi connectivity index (χ2v) is 8.41. The minimum atomic E-state index is -4.63. The number of benzene rings is 2. The van der Waals surface area contributed by atoms with Gasteiger partial charge < -0.3 is 15.0 Å². The molecule has 1 fully saturated rings. The summed E-state index contributed by atoms with van der Waals surface area (Å²) in [5.74, 6) is -1.08. The second-order valence-electron chi connectivity index (χ2n) is 8.41. The Bertz CT molecular complexity index is 1450. The van der Waals surface area contributed by atoms with E-state index in [9.17, 15) is 22.8 Å². The van der Waals surface area contributed by atoms with Gasteiger partial charge in [0.25, 0.3) is 11.8 Å². The molecule has 5 rings (SSSR count). The molecule has 2 N–H and O–H groups in total. The topological polar surface area (TPSA) is 113 Å². The molecule has 3 heterocycles. The molecule has 1 aliphatic rings. The maximum Gasteiger partial charge on any atom is 0.417 e. The fourth-order valence-corrected chi connectivity index (χ4v) is 4.06. The molecular weight excluding hydrogens is 501 g/mol. The van der Waals surface area contributed by atoms with Gasteiger partial charge in [0.15, 0.2) is 0 Å². The van der Waals surface area contributed by atoms with E-state index in [2.05, 4.69) is 25.5 Å². The predicted molar refractivity (Wildman–Crippen MR) is 131 cm³/mol. The molecule has 1 saturated heterocycles. The van der Waals surface area contributed by atoms with Crippen molar-refractivity contribution in [3.05, 3.63) is 83.9 Å². The highest BCUT2D eigenvalue weighted by Crippen LogP contribution is 2.37. The van der Waals surface area contributed by atoms with Crippen LogP contribution in [0.15, 0.2) is 67.0 Å². The number of rotatable bonds is 5. The normalized spacial score (nSPS) is 13.8. The van der Waals surface area contributed by atoms with Gasteiger partial charge in [0, 0.05) is 36.0 Å². The molecule has 38 heavy (non-hydrogen) atoms. The zero-order valence-electron chi connectivity index (χ0n) is 19.8. The summed E-state index contributed by atoms with van der Waals surface area (Å²) in [7, 11) is 0. The number of ether oxygens (including phenoxy) is 1. The third-order valence-electron chi connectivity index (χ3n) is 5.95. The zero-order chi connectivity index (χ0) is 26.7. The van der Waals surface area contributed by atoms with Crippen LogP contribution < -0.4 is 5.32 Å². The van der Waals surface area contributed by atoms with Gasteiger partial charge in [0.1, 0.15) is 0 Å².